The first-order valence-electron chi connectivity index (χ1n) is 11.7. The number of rotatable bonds is 6. The molecule has 2 aromatic rings. The van der Waals surface area contributed by atoms with E-state index >= 15 is 0 Å². The molecule has 0 aliphatic carbocycles. The van der Waals surface area contributed by atoms with Crippen molar-refractivity contribution in [3.63, 3.8) is 0 Å². The van der Waals surface area contributed by atoms with Crippen LogP contribution in [0.5, 0.6) is 0 Å². The molecule has 2 unspecified atom stereocenters. The van der Waals surface area contributed by atoms with Gasteiger partial charge in [-0.05, 0) is 19.1 Å². The number of fused-ring (bicyclic) bond motifs is 1. The smallest absolute Gasteiger partial charge is 0.381 e. The summed E-state index contributed by atoms with van der Waals surface area (Å²) in [5.74, 6) is -2.01. The molecule has 0 aromatic carbocycles. The summed E-state index contributed by atoms with van der Waals surface area (Å²) >= 11 is 0. The van der Waals surface area contributed by atoms with Crippen LogP contribution in [-0.2, 0) is 20.5 Å². The quantitative estimate of drug-likeness (QED) is 0.591. The molecule has 0 radical (unpaired) electrons. The number of pyridine rings is 1. The number of urea groups is 1. The molecule has 15 heteroatoms. The molecule has 1 N–H and O–H groups in total. The summed E-state index contributed by atoms with van der Waals surface area (Å²) in [7, 11) is 1.56. The maximum Gasteiger partial charge on any atom is 0.451 e. The molecule has 2 fully saturated rings. The van der Waals surface area contributed by atoms with E-state index in [9.17, 15) is 27.6 Å². The summed E-state index contributed by atoms with van der Waals surface area (Å²) in [4.78, 5) is 58.5. The van der Waals surface area contributed by atoms with Crippen LogP contribution in [0.15, 0.2) is 35.6 Å². The fraction of sp³-hybridized carbons (Fsp3) is 0.435. The highest BCUT2D eigenvalue weighted by Crippen LogP contribution is 2.29. The molecule has 5 rings (SSSR count). The number of nitrogens with one attached hydrogen (secondary N) is 1. The second-order valence-corrected chi connectivity index (χ2v) is 9.18. The second-order valence-electron chi connectivity index (χ2n) is 9.18. The van der Waals surface area contributed by atoms with Crippen LogP contribution in [0.3, 0.4) is 0 Å². The third-order valence-corrected chi connectivity index (χ3v) is 6.58. The number of halogens is 3. The number of aliphatic imine (C=N–C) groups is 1. The van der Waals surface area contributed by atoms with Crippen LogP contribution < -0.4 is 5.32 Å². The van der Waals surface area contributed by atoms with Crippen molar-refractivity contribution in [3.8, 4) is 11.3 Å². The molecule has 12 nitrogen and oxygen atoms in total. The Bertz CT molecular complexity index is 1280. The summed E-state index contributed by atoms with van der Waals surface area (Å²) in [6.07, 6.45) is -2.04. The van der Waals surface area contributed by atoms with Crippen molar-refractivity contribution in [2.45, 2.75) is 31.3 Å². The van der Waals surface area contributed by atoms with Gasteiger partial charge in [0.15, 0.2) is 12.2 Å². The van der Waals surface area contributed by atoms with Crippen molar-refractivity contribution < 1.29 is 32.3 Å². The zero-order chi connectivity index (χ0) is 27.2. The maximum absolute atomic E-state index is 13.3. The second kappa shape index (κ2) is 9.63. The van der Waals surface area contributed by atoms with Crippen LogP contribution >= 0.6 is 0 Å². The molecule has 3 aliphatic rings. The Morgan fingerprint density at radius 1 is 1.21 bits per heavy atom. The average Bonchev–Trinajstić information content (AvgIpc) is 3.31. The Kier molecular flexibility index (Phi) is 6.46. The van der Waals surface area contributed by atoms with Crippen molar-refractivity contribution in [2.75, 3.05) is 32.1 Å². The average molecular weight is 532 g/mol. The van der Waals surface area contributed by atoms with Gasteiger partial charge in [-0.25, -0.2) is 24.7 Å². The summed E-state index contributed by atoms with van der Waals surface area (Å²) in [6, 6.07) is 2.43. The number of ether oxygens (including phenoxy) is 1. The van der Waals surface area contributed by atoms with Crippen LogP contribution in [0.1, 0.15) is 12.7 Å². The monoisotopic (exact) mass is 532 g/mol. The van der Waals surface area contributed by atoms with Gasteiger partial charge in [0, 0.05) is 37.5 Å². The lowest BCUT2D eigenvalue weighted by Crippen LogP contribution is -2.67. The number of imide groups is 1. The summed E-state index contributed by atoms with van der Waals surface area (Å²) < 4.78 is 43.4. The van der Waals surface area contributed by atoms with Crippen molar-refractivity contribution in [1.29, 1.82) is 0 Å². The lowest BCUT2D eigenvalue weighted by atomic mass is 10.0. The van der Waals surface area contributed by atoms with Crippen molar-refractivity contribution in [3.05, 3.63) is 36.4 Å². The van der Waals surface area contributed by atoms with Gasteiger partial charge in [-0.1, -0.05) is 6.07 Å². The fourth-order valence-corrected chi connectivity index (χ4v) is 4.37. The number of amides is 4. The Hall–Kier alpha value is -4.14. The minimum absolute atomic E-state index is 0.0674. The summed E-state index contributed by atoms with van der Waals surface area (Å²) in [5, 5.41) is 2.66. The highest BCUT2D eigenvalue weighted by Gasteiger charge is 2.52. The van der Waals surface area contributed by atoms with Gasteiger partial charge in [0.2, 0.25) is 11.7 Å². The number of aromatic nitrogens is 3. The lowest BCUT2D eigenvalue weighted by Gasteiger charge is -2.43. The SMILES string of the molecule is C[C@@H](C(=O)Nc1cccc(-c2cnc(C(F)(F)F)nc2)n1)N1C=NC2C1C(=O)N(CC1COC1)C(=O)N2C. The van der Waals surface area contributed by atoms with E-state index in [-0.39, 0.29) is 29.5 Å². The number of likely N-dealkylation sites (N-methyl/N-ethyl adjacent to an activating group) is 1. The van der Waals surface area contributed by atoms with E-state index in [2.05, 4.69) is 25.3 Å². The summed E-state index contributed by atoms with van der Waals surface area (Å²) in [6.45, 7) is 2.76. The Labute approximate surface area is 214 Å². The highest BCUT2D eigenvalue weighted by atomic mass is 19.4. The van der Waals surface area contributed by atoms with Crippen molar-refractivity contribution in [2.24, 2.45) is 10.9 Å². The molecule has 0 spiro atoms. The fourth-order valence-electron chi connectivity index (χ4n) is 4.37. The molecule has 2 saturated heterocycles. The lowest BCUT2D eigenvalue weighted by molar-refractivity contribution is -0.145. The first kappa shape index (κ1) is 25.5. The van der Waals surface area contributed by atoms with E-state index in [1.807, 2.05) is 0 Å². The molecule has 4 amide bonds. The normalized spacial score (nSPS) is 22.4. The van der Waals surface area contributed by atoms with Gasteiger partial charge in [-0.3, -0.25) is 14.5 Å². The number of carbonyl (C=O) groups is 3. The van der Waals surface area contributed by atoms with Crippen LogP contribution in [0.2, 0.25) is 0 Å². The number of hydrogen-bond donors (Lipinski definition) is 1. The largest absolute Gasteiger partial charge is 0.451 e. The van der Waals surface area contributed by atoms with Gasteiger partial charge < -0.3 is 19.9 Å². The molecule has 3 aliphatic heterocycles. The minimum atomic E-state index is -4.67. The zero-order valence-electron chi connectivity index (χ0n) is 20.3. The van der Waals surface area contributed by atoms with Gasteiger partial charge in [0.05, 0.1) is 25.2 Å². The summed E-state index contributed by atoms with van der Waals surface area (Å²) in [5.41, 5.74) is 0.485. The van der Waals surface area contributed by atoms with E-state index in [0.717, 1.165) is 12.4 Å². The molecule has 3 atom stereocenters. The van der Waals surface area contributed by atoms with Crippen LogP contribution in [0, 0.1) is 5.92 Å². The number of carbonyl (C=O) groups excluding carboxylic acids is 3. The van der Waals surface area contributed by atoms with Gasteiger partial charge in [-0.2, -0.15) is 13.2 Å². The van der Waals surface area contributed by atoms with E-state index in [1.165, 1.54) is 33.2 Å². The molecule has 200 valence electrons. The Morgan fingerprint density at radius 2 is 1.92 bits per heavy atom. The number of nitrogens with zero attached hydrogens (tertiary/aromatic N) is 7. The first-order chi connectivity index (χ1) is 18.0. The molecular weight excluding hydrogens is 509 g/mol. The Balaban J connectivity index is 1.29. The third-order valence-electron chi connectivity index (χ3n) is 6.58. The number of anilines is 1. The van der Waals surface area contributed by atoms with Crippen LogP contribution in [0.25, 0.3) is 11.3 Å². The molecule has 38 heavy (non-hydrogen) atoms. The molecule has 0 bridgehead atoms. The van der Waals surface area contributed by atoms with Gasteiger partial charge in [0.25, 0.3) is 5.91 Å². The first-order valence-corrected chi connectivity index (χ1v) is 11.7. The van der Waals surface area contributed by atoms with Gasteiger partial charge in [-0.15, -0.1) is 0 Å². The standard InChI is InChI=1S/C23H23F3N8O4/c1-12(34-11-29-18-17(34)20(36)33(22(37)32(18)2)8-13-9-38-10-13)19(35)31-16-5-3-4-15(30-16)14-6-27-21(28-7-14)23(24,25)26/h3-7,11-13,17-18H,8-10H2,1-2H3,(H,30,31,35)/t12-,17?,18?/m0/s1. The van der Waals surface area contributed by atoms with Gasteiger partial charge >= 0.3 is 12.2 Å². The molecule has 2 aromatic heterocycles. The molecular formula is C23H23F3N8O4. The maximum atomic E-state index is 13.3. The van der Waals surface area contributed by atoms with E-state index in [0.29, 0.717) is 13.2 Å². The van der Waals surface area contributed by atoms with Gasteiger partial charge in [0.1, 0.15) is 11.9 Å². The zero-order valence-corrected chi connectivity index (χ0v) is 20.3. The molecule has 5 heterocycles. The predicted octanol–water partition coefficient (Wildman–Crippen LogP) is 1.46. The van der Waals surface area contributed by atoms with E-state index in [4.69, 9.17) is 4.74 Å². The number of hydrogen-bond acceptors (Lipinski definition) is 9. The topological polar surface area (TPSA) is 133 Å². The predicted molar refractivity (Wildman–Crippen MR) is 125 cm³/mol. The minimum Gasteiger partial charge on any atom is -0.381 e. The third kappa shape index (κ3) is 4.64. The molecule has 0 saturated carbocycles. The van der Waals surface area contributed by atoms with E-state index < -0.39 is 48.1 Å². The van der Waals surface area contributed by atoms with Crippen molar-refractivity contribution in [1.82, 2.24) is 29.7 Å². The van der Waals surface area contributed by atoms with E-state index in [1.54, 1.807) is 20.0 Å². The number of alkyl halides is 3. The van der Waals surface area contributed by atoms with Crippen LogP contribution in [0.4, 0.5) is 23.8 Å². The van der Waals surface area contributed by atoms with Crippen molar-refractivity contribution >= 4 is 30.0 Å². The highest BCUT2D eigenvalue weighted by molar-refractivity contribution is 6.03. The van der Waals surface area contributed by atoms with Crippen LogP contribution in [-0.4, -0.2) is 98.9 Å². The Morgan fingerprint density at radius 3 is 2.55 bits per heavy atom.